The molecule has 1 aliphatic heterocycles. The first-order valence-electron chi connectivity index (χ1n) is 14.9. The zero-order valence-electron chi connectivity index (χ0n) is 25.5. The summed E-state index contributed by atoms with van der Waals surface area (Å²) in [5.41, 5.74) is 29.5. The van der Waals surface area contributed by atoms with Gasteiger partial charge in [0.05, 0.1) is 36.4 Å². The summed E-state index contributed by atoms with van der Waals surface area (Å²) >= 11 is 0. The van der Waals surface area contributed by atoms with Gasteiger partial charge in [-0.3, -0.25) is 9.69 Å². The number of hydrogen-bond donors (Lipinski definition) is 1. The summed E-state index contributed by atoms with van der Waals surface area (Å²) in [6, 6.07) is 15.4. The highest BCUT2D eigenvalue weighted by molar-refractivity contribution is 5.68. The lowest BCUT2D eigenvalue weighted by atomic mass is 9.72. The quantitative estimate of drug-likeness (QED) is 0.133. The van der Waals surface area contributed by atoms with Crippen molar-refractivity contribution in [2.45, 2.75) is 94.8 Å². The van der Waals surface area contributed by atoms with Crippen LogP contribution in [0.5, 0.6) is 0 Å². The van der Waals surface area contributed by atoms with Crippen molar-refractivity contribution in [3.8, 4) is 0 Å². The van der Waals surface area contributed by atoms with Crippen LogP contribution >= 0.6 is 0 Å². The van der Waals surface area contributed by atoms with Gasteiger partial charge in [0.15, 0.2) is 0 Å². The number of aliphatic hydroxyl groups excluding tert-OH is 1. The zero-order chi connectivity index (χ0) is 33.1. The van der Waals surface area contributed by atoms with Crippen molar-refractivity contribution in [2.24, 2.45) is 21.3 Å². The summed E-state index contributed by atoms with van der Waals surface area (Å²) in [7, 11) is 0. The van der Waals surface area contributed by atoms with Crippen LogP contribution < -0.4 is 0 Å². The molecule has 2 aliphatic rings. The number of aliphatic hydroxyl groups is 1. The van der Waals surface area contributed by atoms with Crippen LogP contribution in [0.4, 0.5) is 4.79 Å². The minimum atomic E-state index is -1.50. The van der Waals surface area contributed by atoms with Gasteiger partial charge in [-0.05, 0) is 53.9 Å². The standard InChI is InChI=1S/C30H36N10O6/c1-18(40(16-20-9-5-3-6-10-20)30(43)44-17-21-11-7-4-8-12-21)25-14-13-22(34-37-31)28(46-25)26-23(35-38-32)15-24(36-39-33)29(27(26)42)45-19(2)41/h3-12,18,22-29,42H,13-17H2,1-2H3/t18-,22?,23?,24?,25+,26?,27+,28+,29+/m1/s1. The molecule has 1 heterocycles. The first-order valence-corrected chi connectivity index (χ1v) is 14.9. The predicted molar refractivity (Wildman–Crippen MR) is 164 cm³/mol. The van der Waals surface area contributed by atoms with Gasteiger partial charge in [0.2, 0.25) is 0 Å². The second-order valence-electron chi connectivity index (χ2n) is 11.3. The molecule has 2 fully saturated rings. The van der Waals surface area contributed by atoms with E-state index in [4.69, 9.17) is 19.7 Å². The van der Waals surface area contributed by atoms with Crippen molar-refractivity contribution in [1.82, 2.24) is 4.90 Å². The number of carbonyl (C=O) groups excluding carboxylic acids is 2. The third-order valence-corrected chi connectivity index (χ3v) is 8.44. The maximum absolute atomic E-state index is 13.6. The summed E-state index contributed by atoms with van der Waals surface area (Å²) in [4.78, 5) is 35.8. The minimum absolute atomic E-state index is 0.0528. The van der Waals surface area contributed by atoms with Crippen molar-refractivity contribution in [3.63, 3.8) is 0 Å². The number of esters is 1. The third kappa shape index (κ3) is 8.39. The summed E-state index contributed by atoms with van der Waals surface area (Å²) in [6.45, 7) is 3.26. The largest absolute Gasteiger partial charge is 0.459 e. The highest BCUT2D eigenvalue weighted by Crippen LogP contribution is 2.40. The van der Waals surface area contributed by atoms with Crippen molar-refractivity contribution in [2.75, 3.05) is 0 Å². The van der Waals surface area contributed by atoms with Gasteiger partial charge in [-0.2, -0.15) is 0 Å². The second kappa shape index (κ2) is 16.4. The van der Waals surface area contributed by atoms with Crippen molar-refractivity contribution in [3.05, 3.63) is 103 Å². The van der Waals surface area contributed by atoms with Crippen molar-refractivity contribution >= 4 is 12.1 Å². The van der Waals surface area contributed by atoms with Crippen LogP contribution in [0.25, 0.3) is 31.3 Å². The van der Waals surface area contributed by atoms with Crippen LogP contribution in [0.2, 0.25) is 0 Å². The van der Waals surface area contributed by atoms with Gasteiger partial charge in [0.1, 0.15) is 12.7 Å². The van der Waals surface area contributed by atoms with Gasteiger partial charge < -0.3 is 19.3 Å². The Morgan fingerprint density at radius 2 is 1.52 bits per heavy atom. The molecule has 1 saturated carbocycles. The Morgan fingerprint density at radius 3 is 2.13 bits per heavy atom. The number of nitrogens with zero attached hydrogens (tertiary/aromatic N) is 10. The van der Waals surface area contributed by atoms with Crippen LogP contribution in [0, 0.1) is 5.92 Å². The number of rotatable bonds is 11. The molecule has 1 aliphatic carbocycles. The number of amides is 1. The molecule has 16 heteroatoms. The van der Waals surface area contributed by atoms with Crippen LogP contribution in [-0.4, -0.2) is 70.7 Å². The number of ether oxygens (including phenoxy) is 3. The fourth-order valence-corrected chi connectivity index (χ4v) is 6.25. The SMILES string of the molecule is CC(=O)O[C@H]1C(N=[N+]=[N-])CC(N=[N+]=[N-])C([C@H]2O[C@H]([C@@H](C)N(Cc3ccccc3)C(=O)OCc3ccccc3)CCC2N=[N+]=[N-])[C@@H]1O. The molecule has 9 atom stereocenters. The molecule has 16 nitrogen and oxygen atoms in total. The molecule has 0 bridgehead atoms. The number of azide groups is 3. The van der Waals surface area contributed by atoms with Crippen LogP contribution in [-0.2, 0) is 32.2 Å². The Labute approximate surface area is 265 Å². The van der Waals surface area contributed by atoms with E-state index < -0.39 is 66.6 Å². The Morgan fingerprint density at radius 1 is 0.935 bits per heavy atom. The average molecular weight is 633 g/mol. The number of benzene rings is 2. The molecule has 1 N–H and O–H groups in total. The van der Waals surface area contributed by atoms with Gasteiger partial charge in [-0.25, -0.2) is 4.79 Å². The molecule has 1 amide bonds. The molecule has 242 valence electrons. The summed E-state index contributed by atoms with van der Waals surface area (Å²) in [6.07, 6.45) is -4.29. The van der Waals surface area contributed by atoms with Crippen molar-refractivity contribution < 1.29 is 28.9 Å². The van der Waals surface area contributed by atoms with E-state index in [1.807, 2.05) is 67.6 Å². The molecule has 0 spiro atoms. The van der Waals surface area contributed by atoms with E-state index in [1.165, 1.54) is 0 Å². The van der Waals surface area contributed by atoms with Crippen LogP contribution in [0.3, 0.4) is 0 Å². The van der Waals surface area contributed by atoms with E-state index in [0.717, 1.165) is 18.1 Å². The fraction of sp³-hybridized carbons (Fsp3) is 0.533. The van der Waals surface area contributed by atoms with Crippen molar-refractivity contribution in [1.29, 1.82) is 0 Å². The molecule has 0 radical (unpaired) electrons. The van der Waals surface area contributed by atoms with Gasteiger partial charge in [-0.15, -0.1) is 0 Å². The molecule has 46 heavy (non-hydrogen) atoms. The molecule has 0 aromatic heterocycles. The summed E-state index contributed by atoms with van der Waals surface area (Å²) < 4.78 is 17.7. The second-order valence-corrected chi connectivity index (χ2v) is 11.3. The third-order valence-electron chi connectivity index (χ3n) is 8.44. The Balaban J connectivity index is 1.64. The lowest BCUT2D eigenvalue weighted by Crippen LogP contribution is -2.61. The van der Waals surface area contributed by atoms with Gasteiger partial charge >= 0.3 is 12.1 Å². The van der Waals surface area contributed by atoms with E-state index in [0.29, 0.717) is 12.8 Å². The molecule has 1 saturated heterocycles. The summed E-state index contributed by atoms with van der Waals surface area (Å²) in [5.74, 6) is -1.72. The highest BCUT2D eigenvalue weighted by atomic mass is 16.6. The number of carbonyl (C=O) groups is 2. The molecular weight excluding hydrogens is 596 g/mol. The maximum atomic E-state index is 13.6. The Kier molecular flexibility index (Phi) is 12.1. The first kappa shape index (κ1) is 33.9. The lowest BCUT2D eigenvalue weighted by molar-refractivity contribution is -0.182. The van der Waals surface area contributed by atoms with Gasteiger partial charge in [0, 0.05) is 40.2 Å². The fourth-order valence-electron chi connectivity index (χ4n) is 6.25. The Bertz CT molecular complexity index is 1480. The van der Waals surface area contributed by atoms with E-state index in [-0.39, 0.29) is 19.6 Å². The highest BCUT2D eigenvalue weighted by Gasteiger charge is 2.52. The zero-order valence-corrected chi connectivity index (χ0v) is 25.5. The smallest absolute Gasteiger partial charge is 0.410 e. The van der Waals surface area contributed by atoms with Crippen LogP contribution in [0.15, 0.2) is 76.0 Å². The molecule has 4 rings (SSSR count). The van der Waals surface area contributed by atoms with E-state index in [9.17, 15) is 25.8 Å². The minimum Gasteiger partial charge on any atom is -0.459 e. The molecular formula is C30H36N10O6. The topological polar surface area (TPSA) is 232 Å². The maximum Gasteiger partial charge on any atom is 0.410 e. The van der Waals surface area contributed by atoms with Crippen LogP contribution in [0.1, 0.15) is 44.2 Å². The summed E-state index contributed by atoms with van der Waals surface area (Å²) in [5, 5.41) is 23.0. The number of hydrogen-bond acceptors (Lipinski definition) is 9. The lowest BCUT2D eigenvalue weighted by Gasteiger charge is -2.49. The molecule has 2 aromatic carbocycles. The van der Waals surface area contributed by atoms with E-state index in [1.54, 1.807) is 4.90 Å². The molecule has 4 unspecified atom stereocenters. The predicted octanol–water partition coefficient (Wildman–Crippen LogP) is 6.11. The Hall–Kier alpha value is -4.97. The molecule has 2 aromatic rings. The van der Waals surface area contributed by atoms with E-state index >= 15 is 0 Å². The first-order chi connectivity index (χ1) is 22.3. The monoisotopic (exact) mass is 632 g/mol. The van der Waals surface area contributed by atoms with E-state index in [2.05, 4.69) is 30.1 Å². The van der Waals surface area contributed by atoms with Gasteiger partial charge in [-0.1, -0.05) is 76.0 Å². The van der Waals surface area contributed by atoms with Gasteiger partial charge in [0.25, 0.3) is 0 Å². The average Bonchev–Trinajstić information content (AvgIpc) is 3.05. The normalized spacial score (nSPS) is 27.8.